The summed E-state index contributed by atoms with van der Waals surface area (Å²) in [7, 11) is 0. The molecular weight excluding hydrogens is 157 g/mol. The summed E-state index contributed by atoms with van der Waals surface area (Å²) in [5.41, 5.74) is -0.135. The van der Waals surface area contributed by atoms with Crippen molar-refractivity contribution in [3.63, 3.8) is 0 Å². The number of rotatable bonds is 0. The first-order valence-corrected chi connectivity index (χ1v) is 4.76. The van der Waals surface area contributed by atoms with Crippen LogP contribution in [-0.4, -0.2) is 32.5 Å². The average molecular weight is 173 g/mol. The van der Waals surface area contributed by atoms with Crippen molar-refractivity contribution >= 4 is 0 Å². The molecule has 0 aromatic heterocycles. The Morgan fingerprint density at radius 3 is 3.00 bits per heavy atom. The van der Waals surface area contributed by atoms with E-state index in [9.17, 15) is 4.39 Å². The summed E-state index contributed by atoms with van der Waals surface area (Å²) >= 11 is 0. The van der Waals surface area contributed by atoms with Crippen LogP contribution < -0.4 is 5.32 Å². The zero-order chi connectivity index (χ0) is 8.44. The molecule has 2 aliphatic heterocycles. The van der Waals surface area contributed by atoms with E-state index in [1.807, 2.05) is 0 Å². The van der Waals surface area contributed by atoms with Gasteiger partial charge >= 0.3 is 0 Å². The first-order chi connectivity index (χ1) is 5.83. The van der Waals surface area contributed by atoms with Gasteiger partial charge in [0, 0.05) is 18.6 Å². The van der Waals surface area contributed by atoms with Gasteiger partial charge in [-0.2, -0.15) is 0 Å². The fourth-order valence-corrected chi connectivity index (χ4v) is 2.26. The van der Waals surface area contributed by atoms with Gasteiger partial charge in [0.05, 0.1) is 6.61 Å². The Labute approximate surface area is 72.5 Å². The van der Waals surface area contributed by atoms with Crippen LogP contribution in [0, 0.1) is 5.41 Å². The second kappa shape index (κ2) is 3.30. The van der Waals surface area contributed by atoms with E-state index in [2.05, 4.69) is 5.32 Å². The van der Waals surface area contributed by atoms with Crippen molar-refractivity contribution in [3.8, 4) is 0 Å². The summed E-state index contributed by atoms with van der Waals surface area (Å²) < 4.78 is 18.9. The molecule has 1 spiro atoms. The summed E-state index contributed by atoms with van der Waals surface area (Å²) in [6, 6.07) is 0. The Bertz CT molecular complexity index is 148. The highest BCUT2D eigenvalue weighted by atomic mass is 19.1. The molecule has 2 heterocycles. The number of hydrogen-bond donors (Lipinski definition) is 1. The third-order valence-corrected chi connectivity index (χ3v) is 3.14. The minimum Gasteiger partial charge on any atom is -0.381 e. The Morgan fingerprint density at radius 1 is 1.42 bits per heavy atom. The standard InChI is InChI=1S/C9H16FNO/c10-8-6-11-4-3-9(8)2-1-5-12-7-9/h8,11H,1-7H2. The summed E-state index contributed by atoms with van der Waals surface area (Å²) in [6.07, 6.45) is 2.27. The number of piperidine rings is 1. The molecule has 2 saturated heterocycles. The van der Waals surface area contributed by atoms with Gasteiger partial charge in [0.2, 0.25) is 0 Å². The van der Waals surface area contributed by atoms with Crippen LogP contribution in [0.3, 0.4) is 0 Å². The third-order valence-electron chi connectivity index (χ3n) is 3.14. The highest BCUT2D eigenvalue weighted by Crippen LogP contribution is 2.38. The normalized spacial score (nSPS) is 43.2. The largest absolute Gasteiger partial charge is 0.381 e. The number of alkyl halides is 1. The van der Waals surface area contributed by atoms with E-state index in [0.717, 1.165) is 32.4 Å². The van der Waals surface area contributed by atoms with Crippen LogP contribution in [-0.2, 0) is 4.74 Å². The molecule has 2 unspecified atom stereocenters. The topological polar surface area (TPSA) is 21.3 Å². The van der Waals surface area contributed by atoms with Crippen molar-refractivity contribution in [1.29, 1.82) is 0 Å². The van der Waals surface area contributed by atoms with Crippen LogP contribution in [0.25, 0.3) is 0 Å². The lowest BCUT2D eigenvalue weighted by Crippen LogP contribution is -2.50. The fraction of sp³-hybridized carbons (Fsp3) is 1.00. The molecule has 0 aliphatic carbocycles. The molecule has 0 amide bonds. The van der Waals surface area contributed by atoms with Crippen LogP contribution >= 0.6 is 0 Å². The van der Waals surface area contributed by atoms with Gasteiger partial charge in [-0.1, -0.05) is 0 Å². The number of ether oxygens (including phenoxy) is 1. The molecule has 70 valence electrons. The van der Waals surface area contributed by atoms with Gasteiger partial charge in [0.1, 0.15) is 6.17 Å². The summed E-state index contributed by atoms with van der Waals surface area (Å²) in [5, 5.41) is 3.08. The first-order valence-electron chi connectivity index (χ1n) is 4.76. The number of halogens is 1. The predicted octanol–water partition coefficient (Wildman–Crippen LogP) is 1.11. The van der Waals surface area contributed by atoms with Crippen LogP contribution in [0.2, 0.25) is 0 Å². The van der Waals surface area contributed by atoms with Gasteiger partial charge in [-0.3, -0.25) is 0 Å². The molecule has 3 heteroatoms. The first kappa shape index (κ1) is 8.45. The van der Waals surface area contributed by atoms with Gasteiger partial charge in [-0.05, 0) is 25.8 Å². The Hall–Kier alpha value is -0.150. The number of nitrogens with one attached hydrogen (secondary N) is 1. The minimum atomic E-state index is -0.702. The van der Waals surface area contributed by atoms with Crippen LogP contribution in [0.15, 0.2) is 0 Å². The van der Waals surface area contributed by atoms with Crippen molar-refractivity contribution in [2.45, 2.75) is 25.4 Å². The van der Waals surface area contributed by atoms with Gasteiger partial charge < -0.3 is 10.1 Å². The van der Waals surface area contributed by atoms with Crippen LogP contribution in [0.1, 0.15) is 19.3 Å². The lowest BCUT2D eigenvalue weighted by molar-refractivity contribution is -0.0670. The van der Waals surface area contributed by atoms with E-state index in [0.29, 0.717) is 13.2 Å². The van der Waals surface area contributed by atoms with E-state index < -0.39 is 6.17 Å². The van der Waals surface area contributed by atoms with Crippen LogP contribution in [0.4, 0.5) is 4.39 Å². The quantitative estimate of drug-likeness (QED) is 0.592. The maximum atomic E-state index is 13.6. The molecule has 1 N–H and O–H groups in total. The van der Waals surface area contributed by atoms with Crippen LogP contribution in [0.5, 0.6) is 0 Å². The SMILES string of the molecule is FC1CNCCC12CCCOC2. The van der Waals surface area contributed by atoms with E-state index in [1.165, 1.54) is 0 Å². The molecule has 0 bridgehead atoms. The highest BCUT2D eigenvalue weighted by Gasteiger charge is 2.42. The van der Waals surface area contributed by atoms with E-state index in [-0.39, 0.29) is 5.41 Å². The maximum absolute atomic E-state index is 13.6. The zero-order valence-electron chi connectivity index (χ0n) is 7.31. The molecule has 12 heavy (non-hydrogen) atoms. The fourth-order valence-electron chi connectivity index (χ4n) is 2.26. The molecule has 2 atom stereocenters. The molecule has 2 fully saturated rings. The smallest absolute Gasteiger partial charge is 0.120 e. The maximum Gasteiger partial charge on any atom is 0.120 e. The molecule has 0 radical (unpaired) electrons. The predicted molar refractivity (Wildman–Crippen MR) is 44.9 cm³/mol. The third kappa shape index (κ3) is 1.36. The highest BCUT2D eigenvalue weighted by molar-refractivity contribution is 4.93. The Morgan fingerprint density at radius 2 is 2.33 bits per heavy atom. The summed E-state index contributed by atoms with van der Waals surface area (Å²) in [4.78, 5) is 0. The summed E-state index contributed by atoms with van der Waals surface area (Å²) in [6.45, 7) is 2.92. The average Bonchev–Trinajstić information content (AvgIpc) is 2.12. The van der Waals surface area contributed by atoms with E-state index in [4.69, 9.17) is 4.74 Å². The molecule has 0 saturated carbocycles. The summed E-state index contributed by atoms with van der Waals surface area (Å²) in [5.74, 6) is 0. The van der Waals surface area contributed by atoms with Crippen molar-refractivity contribution in [1.82, 2.24) is 5.32 Å². The molecular formula is C9H16FNO. The second-order valence-corrected chi connectivity index (χ2v) is 3.94. The Kier molecular flexibility index (Phi) is 2.33. The monoisotopic (exact) mass is 173 g/mol. The zero-order valence-corrected chi connectivity index (χ0v) is 7.31. The molecule has 2 aliphatic rings. The van der Waals surface area contributed by atoms with E-state index >= 15 is 0 Å². The van der Waals surface area contributed by atoms with Gasteiger partial charge in [0.15, 0.2) is 0 Å². The van der Waals surface area contributed by atoms with Crippen molar-refractivity contribution in [3.05, 3.63) is 0 Å². The van der Waals surface area contributed by atoms with Gasteiger partial charge in [-0.25, -0.2) is 4.39 Å². The van der Waals surface area contributed by atoms with Crippen molar-refractivity contribution in [2.24, 2.45) is 5.41 Å². The van der Waals surface area contributed by atoms with Crippen molar-refractivity contribution < 1.29 is 9.13 Å². The van der Waals surface area contributed by atoms with Crippen molar-refractivity contribution in [2.75, 3.05) is 26.3 Å². The lowest BCUT2D eigenvalue weighted by Gasteiger charge is -2.42. The Balaban J connectivity index is 2.04. The molecule has 2 rings (SSSR count). The molecule has 0 aromatic carbocycles. The van der Waals surface area contributed by atoms with E-state index in [1.54, 1.807) is 0 Å². The lowest BCUT2D eigenvalue weighted by atomic mass is 9.73. The second-order valence-electron chi connectivity index (χ2n) is 3.94. The van der Waals surface area contributed by atoms with Gasteiger partial charge in [0.25, 0.3) is 0 Å². The minimum absolute atomic E-state index is 0.135. The van der Waals surface area contributed by atoms with Gasteiger partial charge in [-0.15, -0.1) is 0 Å². The number of hydrogen-bond acceptors (Lipinski definition) is 2. The molecule has 0 aromatic rings. The molecule has 2 nitrogen and oxygen atoms in total.